The van der Waals surface area contributed by atoms with E-state index in [1.165, 1.54) is 11.3 Å². The molecule has 1 aromatic rings. The predicted octanol–water partition coefficient (Wildman–Crippen LogP) is 2.71. The van der Waals surface area contributed by atoms with Gasteiger partial charge in [0.25, 0.3) is 5.91 Å². The van der Waals surface area contributed by atoms with Crippen LogP contribution in [0, 0.1) is 18.8 Å². The minimum absolute atomic E-state index is 0.0522. The van der Waals surface area contributed by atoms with E-state index in [-0.39, 0.29) is 18.1 Å². The molecule has 1 aromatic heterocycles. The highest BCUT2D eigenvalue weighted by Crippen LogP contribution is 2.22. The highest BCUT2D eigenvalue weighted by molar-refractivity contribution is 7.14. The number of aliphatic hydroxyl groups excluding tert-OH is 1. The maximum atomic E-state index is 12.2. The first-order valence-electron chi connectivity index (χ1n) is 6.42. The van der Waals surface area contributed by atoms with Gasteiger partial charge in [-0.2, -0.15) is 0 Å². The van der Waals surface area contributed by atoms with Crippen LogP contribution < -0.4 is 5.32 Å². The van der Waals surface area contributed by atoms with Crippen LogP contribution in [-0.2, 0) is 0 Å². The van der Waals surface area contributed by atoms with E-state index in [1.807, 2.05) is 26.8 Å². The van der Waals surface area contributed by atoms with Crippen LogP contribution in [0.2, 0.25) is 0 Å². The molecule has 19 heavy (non-hydrogen) atoms. The van der Waals surface area contributed by atoms with Crippen LogP contribution in [0.4, 0.5) is 0 Å². The van der Waals surface area contributed by atoms with Gasteiger partial charge in [0.15, 0.2) is 0 Å². The molecule has 0 bridgehead atoms. The van der Waals surface area contributed by atoms with Gasteiger partial charge in [-0.3, -0.25) is 4.79 Å². The zero-order valence-corrected chi connectivity index (χ0v) is 12.8. The topological polar surface area (TPSA) is 49.3 Å². The first-order valence-corrected chi connectivity index (χ1v) is 7.24. The maximum Gasteiger partial charge on any atom is 0.261 e. The Kier molecular flexibility index (Phi) is 5.59. The van der Waals surface area contributed by atoms with Crippen molar-refractivity contribution in [2.24, 2.45) is 0 Å². The molecule has 0 aliphatic rings. The SMILES string of the molecule is CCCC(C)(C)NC(=O)c1cc(C)c(C#CCO)s1. The van der Waals surface area contributed by atoms with Crippen molar-refractivity contribution in [3.8, 4) is 11.8 Å². The van der Waals surface area contributed by atoms with Crippen LogP contribution >= 0.6 is 11.3 Å². The zero-order valence-electron chi connectivity index (χ0n) is 12.0. The van der Waals surface area contributed by atoms with Gasteiger partial charge in [0.05, 0.1) is 9.75 Å². The summed E-state index contributed by atoms with van der Waals surface area (Å²) in [5.41, 5.74) is 0.783. The van der Waals surface area contributed by atoms with Gasteiger partial charge >= 0.3 is 0 Å². The zero-order chi connectivity index (χ0) is 14.5. The molecule has 0 radical (unpaired) electrons. The molecule has 0 saturated heterocycles. The first-order chi connectivity index (χ1) is 8.89. The molecule has 2 N–H and O–H groups in total. The minimum atomic E-state index is -0.194. The molecule has 1 amide bonds. The van der Waals surface area contributed by atoms with Gasteiger partial charge < -0.3 is 10.4 Å². The molecule has 0 aliphatic heterocycles. The third kappa shape index (κ3) is 4.70. The van der Waals surface area contributed by atoms with Gasteiger partial charge in [-0.05, 0) is 38.8 Å². The molecular weight excluding hydrogens is 258 g/mol. The Balaban J connectivity index is 2.84. The van der Waals surface area contributed by atoms with Crippen molar-refractivity contribution in [3.63, 3.8) is 0 Å². The quantitative estimate of drug-likeness (QED) is 0.833. The Morgan fingerprint density at radius 1 is 1.53 bits per heavy atom. The number of nitrogens with one attached hydrogen (secondary N) is 1. The van der Waals surface area contributed by atoms with Crippen LogP contribution in [0.3, 0.4) is 0 Å². The summed E-state index contributed by atoms with van der Waals surface area (Å²) in [7, 11) is 0. The second-order valence-electron chi connectivity index (χ2n) is 5.17. The maximum absolute atomic E-state index is 12.2. The van der Waals surface area contributed by atoms with Gasteiger partial charge in [0, 0.05) is 5.54 Å². The van der Waals surface area contributed by atoms with Crippen molar-refractivity contribution >= 4 is 17.2 Å². The van der Waals surface area contributed by atoms with Gasteiger partial charge in [-0.1, -0.05) is 25.2 Å². The van der Waals surface area contributed by atoms with E-state index in [0.29, 0.717) is 4.88 Å². The van der Waals surface area contributed by atoms with Gasteiger partial charge in [0.2, 0.25) is 0 Å². The second-order valence-corrected chi connectivity index (χ2v) is 6.22. The summed E-state index contributed by atoms with van der Waals surface area (Å²) in [6.45, 7) is 7.92. The number of aliphatic hydroxyl groups is 1. The summed E-state index contributed by atoms with van der Waals surface area (Å²) in [5, 5.41) is 11.7. The molecule has 0 unspecified atom stereocenters. The largest absolute Gasteiger partial charge is 0.384 e. The Hall–Kier alpha value is -1.31. The van der Waals surface area contributed by atoms with Crippen LogP contribution in [0.1, 0.15) is 53.7 Å². The Morgan fingerprint density at radius 2 is 2.21 bits per heavy atom. The molecule has 0 aromatic carbocycles. The molecule has 0 atom stereocenters. The van der Waals surface area contributed by atoms with Crippen molar-refractivity contribution in [1.82, 2.24) is 5.32 Å². The van der Waals surface area contributed by atoms with E-state index in [1.54, 1.807) is 0 Å². The standard InChI is InChI=1S/C15H21NO2S/c1-5-8-15(3,4)16-14(18)13-10-11(2)12(19-13)7-6-9-17/h10,17H,5,8-9H2,1-4H3,(H,16,18). The van der Waals surface area contributed by atoms with Crippen LogP contribution in [0.5, 0.6) is 0 Å². The van der Waals surface area contributed by atoms with Gasteiger partial charge in [-0.15, -0.1) is 11.3 Å². The number of carbonyl (C=O) groups excluding carboxylic acids is 1. The van der Waals surface area contributed by atoms with Gasteiger partial charge in [0.1, 0.15) is 6.61 Å². The number of thiophene rings is 1. The number of amides is 1. The normalized spacial score (nSPS) is 10.8. The highest BCUT2D eigenvalue weighted by Gasteiger charge is 2.21. The van der Waals surface area contributed by atoms with Crippen molar-refractivity contribution < 1.29 is 9.90 Å². The molecule has 3 nitrogen and oxygen atoms in total. The summed E-state index contributed by atoms with van der Waals surface area (Å²) in [6.07, 6.45) is 1.98. The van der Waals surface area contributed by atoms with E-state index < -0.39 is 0 Å². The molecule has 104 valence electrons. The number of hydrogen-bond acceptors (Lipinski definition) is 3. The lowest BCUT2D eigenvalue weighted by Crippen LogP contribution is -2.42. The van der Waals surface area contributed by atoms with Gasteiger partial charge in [-0.25, -0.2) is 0 Å². The number of carbonyl (C=O) groups is 1. The van der Waals surface area contributed by atoms with Crippen molar-refractivity contribution in [2.45, 2.75) is 46.1 Å². The summed E-state index contributed by atoms with van der Waals surface area (Å²) >= 11 is 1.37. The highest BCUT2D eigenvalue weighted by atomic mass is 32.1. The van der Waals surface area contributed by atoms with Crippen molar-refractivity contribution in [3.05, 3.63) is 21.4 Å². The third-order valence-corrected chi connectivity index (χ3v) is 3.90. The average molecular weight is 279 g/mol. The Labute approximate surface area is 119 Å². The van der Waals surface area contributed by atoms with E-state index in [0.717, 1.165) is 23.3 Å². The van der Waals surface area contributed by atoms with E-state index in [2.05, 4.69) is 24.1 Å². The van der Waals surface area contributed by atoms with E-state index >= 15 is 0 Å². The van der Waals surface area contributed by atoms with Crippen LogP contribution in [0.25, 0.3) is 0 Å². The van der Waals surface area contributed by atoms with Crippen molar-refractivity contribution in [1.29, 1.82) is 0 Å². The summed E-state index contributed by atoms with van der Waals surface area (Å²) < 4.78 is 0. The first kappa shape index (κ1) is 15.7. The number of aryl methyl sites for hydroxylation is 1. The molecule has 1 rings (SSSR count). The van der Waals surface area contributed by atoms with E-state index in [9.17, 15) is 4.79 Å². The fourth-order valence-electron chi connectivity index (χ4n) is 1.89. The summed E-state index contributed by atoms with van der Waals surface area (Å²) in [4.78, 5) is 13.7. The smallest absolute Gasteiger partial charge is 0.261 e. The molecular formula is C15H21NO2S. The second kappa shape index (κ2) is 6.74. The summed E-state index contributed by atoms with van der Waals surface area (Å²) in [6, 6.07) is 1.85. The predicted molar refractivity (Wildman–Crippen MR) is 79.5 cm³/mol. The molecule has 1 heterocycles. The molecule has 0 spiro atoms. The van der Waals surface area contributed by atoms with Crippen LogP contribution in [-0.4, -0.2) is 23.2 Å². The van der Waals surface area contributed by atoms with Crippen LogP contribution in [0.15, 0.2) is 6.07 Å². The molecule has 4 heteroatoms. The fourth-order valence-corrected chi connectivity index (χ4v) is 2.84. The Morgan fingerprint density at radius 3 is 2.79 bits per heavy atom. The van der Waals surface area contributed by atoms with E-state index in [4.69, 9.17) is 5.11 Å². The Bertz CT molecular complexity index is 506. The lowest BCUT2D eigenvalue weighted by atomic mass is 9.99. The fraction of sp³-hybridized carbons (Fsp3) is 0.533. The minimum Gasteiger partial charge on any atom is -0.384 e. The molecule has 0 saturated carbocycles. The lowest BCUT2D eigenvalue weighted by Gasteiger charge is -2.25. The number of rotatable bonds is 4. The third-order valence-electron chi connectivity index (χ3n) is 2.75. The lowest BCUT2D eigenvalue weighted by molar-refractivity contribution is 0.0913. The number of hydrogen-bond donors (Lipinski definition) is 2. The molecule has 0 fully saturated rings. The monoisotopic (exact) mass is 279 g/mol. The summed E-state index contributed by atoms with van der Waals surface area (Å²) in [5.74, 6) is 5.42. The average Bonchev–Trinajstić information content (AvgIpc) is 2.67. The molecule has 0 aliphatic carbocycles. The van der Waals surface area contributed by atoms with Crippen molar-refractivity contribution in [2.75, 3.05) is 6.61 Å².